The van der Waals surface area contributed by atoms with Crippen molar-refractivity contribution < 1.29 is 9.18 Å². The summed E-state index contributed by atoms with van der Waals surface area (Å²) in [4.78, 5) is 11.8. The second-order valence-corrected chi connectivity index (χ2v) is 4.44. The molecule has 1 aromatic rings. The highest BCUT2D eigenvalue weighted by atomic mass is 35.5. The molecule has 1 aromatic carbocycles. The Morgan fingerprint density at radius 2 is 2.06 bits per heavy atom. The monoisotopic (exact) mass is 274 g/mol. The lowest BCUT2D eigenvalue weighted by Crippen LogP contribution is -2.51. The summed E-state index contributed by atoms with van der Waals surface area (Å²) in [5.74, 6) is -0.565. The molecule has 0 saturated heterocycles. The minimum atomic E-state index is -0.889. The number of benzene rings is 1. The molecule has 1 amide bonds. The third kappa shape index (κ3) is 4.63. The van der Waals surface area contributed by atoms with Gasteiger partial charge in [0, 0.05) is 12.1 Å². The molecule has 5 heteroatoms. The molecule has 0 radical (unpaired) electrons. The van der Waals surface area contributed by atoms with Crippen LogP contribution in [0.5, 0.6) is 0 Å². The van der Waals surface area contributed by atoms with E-state index in [1.807, 2.05) is 6.92 Å². The van der Waals surface area contributed by atoms with E-state index >= 15 is 0 Å². The zero-order valence-corrected chi connectivity index (χ0v) is 11.5. The minimum absolute atomic E-state index is 0. The molecule has 3 nitrogen and oxygen atoms in total. The van der Waals surface area contributed by atoms with Crippen molar-refractivity contribution in [1.29, 1.82) is 0 Å². The van der Waals surface area contributed by atoms with Crippen molar-refractivity contribution in [3.8, 4) is 0 Å². The first-order chi connectivity index (χ1) is 7.97. The van der Waals surface area contributed by atoms with Gasteiger partial charge in [0.15, 0.2) is 0 Å². The van der Waals surface area contributed by atoms with Gasteiger partial charge in [-0.15, -0.1) is 12.4 Å². The van der Waals surface area contributed by atoms with Crippen molar-refractivity contribution in [2.24, 2.45) is 5.73 Å². The van der Waals surface area contributed by atoms with Crippen molar-refractivity contribution in [3.63, 3.8) is 0 Å². The Hall–Kier alpha value is -1.13. The first kappa shape index (κ1) is 16.9. The summed E-state index contributed by atoms with van der Waals surface area (Å²) >= 11 is 0. The summed E-state index contributed by atoms with van der Waals surface area (Å²) in [6.45, 7) is 3.82. The summed E-state index contributed by atoms with van der Waals surface area (Å²) in [5, 5.41) is 2.66. The molecule has 102 valence electrons. The fourth-order valence-corrected chi connectivity index (χ4v) is 1.65. The van der Waals surface area contributed by atoms with E-state index < -0.39 is 5.54 Å². The van der Waals surface area contributed by atoms with Gasteiger partial charge in [-0.25, -0.2) is 4.39 Å². The molecule has 0 fully saturated rings. The van der Waals surface area contributed by atoms with Gasteiger partial charge in [-0.3, -0.25) is 4.79 Å². The number of rotatable bonds is 5. The first-order valence-electron chi connectivity index (χ1n) is 5.78. The highest BCUT2D eigenvalue weighted by Gasteiger charge is 2.26. The SMILES string of the molecule is CCCC(C)(N)C(=O)NCc1ccccc1F.Cl. The van der Waals surface area contributed by atoms with Crippen LogP contribution in [0.4, 0.5) is 4.39 Å². The van der Waals surface area contributed by atoms with E-state index in [0.29, 0.717) is 12.0 Å². The van der Waals surface area contributed by atoms with Crippen LogP contribution in [0.2, 0.25) is 0 Å². The fraction of sp³-hybridized carbons (Fsp3) is 0.462. The van der Waals surface area contributed by atoms with Gasteiger partial charge in [0.05, 0.1) is 5.54 Å². The van der Waals surface area contributed by atoms with E-state index in [4.69, 9.17) is 5.73 Å². The summed E-state index contributed by atoms with van der Waals surface area (Å²) in [6, 6.07) is 6.36. The van der Waals surface area contributed by atoms with Crippen molar-refractivity contribution in [2.45, 2.75) is 38.8 Å². The lowest BCUT2D eigenvalue weighted by atomic mass is 9.96. The van der Waals surface area contributed by atoms with Crippen LogP contribution in [0.25, 0.3) is 0 Å². The number of amides is 1. The zero-order chi connectivity index (χ0) is 12.9. The quantitative estimate of drug-likeness (QED) is 0.866. The van der Waals surface area contributed by atoms with Gasteiger partial charge in [-0.2, -0.15) is 0 Å². The number of halogens is 2. The molecule has 0 saturated carbocycles. The molecule has 0 aromatic heterocycles. The minimum Gasteiger partial charge on any atom is -0.350 e. The van der Waals surface area contributed by atoms with Crippen molar-refractivity contribution in [2.75, 3.05) is 0 Å². The second-order valence-electron chi connectivity index (χ2n) is 4.44. The van der Waals surface area contributed by atoms with Crippen LogP contribution in [-0.2, 0) is 11.3 Å². The lowest BCUT2D eigenvalue weighted by Gasteiger charge is -2.22. The topological polar surface area (TPSA) is 55.1 Å². The van der Waals surface area contributed by atoms with Crippen LogP contribution >= 0.6 is 12.4 Å². The van der Waals surface area contributed by atoms with Crippen molar-refractivity contribution in [1.82, 2.24) is 5.32 Å². The Morgan fingerprint density at radius 1 is 1.44 bits per heavy atom. The average Bonchev–Trinajstić information content (AvgIpc) is 2.27. The molecule has 0 spiro atoms. The normalized spacial score (nSPS) is 13.3. The van der Waals surface area contributed by atoms with Gasteiger partial charge >= 0.3 is 0 Å². The van der Waals surface area contributed by atoms with Gasteiger partial charge in [0.25, 0.3) is 0 Å². The Morgan fingerprint density at radius 3 is 2.61 bits per heavy atom. The molecule has 0 aliphatic heterocycles. The van der Waals surface area contributed by atoms with E-state index in [2.05, 4.69) is 5.32 Å². The molecule has 1 atom stereocenters. The first-order valence-corrected chi connectivity index (χ1v) is 5.78. The second kappa shape index (κ2) is 7.34. The standard InChI is InChI=1S/C13H19FN2O.ClH/c1-3-8-13(2,15)12(17)16-9-10-6-4-5-7-11(10)14;/h4-7H,3,8-9,15H2,1-2H3,(H,16,17);1H. The van der Waals surface area contributed by atoms with Crippen LogP contribution < -0.4 is 11.1 Å². The van der Waals surface area contributed by atoms with E-state index in [-0.39, 0.29) is 30.7 Å². The maximum Gasteiger partial charge on any atom is 0.240 e. The number of nitrogens with two attached hydrogens (primary N) is 1. The number of carbonyl (C=O) groups excluding carboxylic acids is 1. The van der Waals surface area contributed by atoms with Gasteiger partial charge in [0.2, 0.25) is 5.91 Å². The zero-order valence-electron chi connectivity index (χ0n) is 10.7. The lowest BCUT2D eigenvalue weighted by molar-refractivity contribution is -0.126. The molecule has 0 aliphatic rings. The summed E-state index contributed by atoms with van der Waals surface area (Å²) in [7, 11) is 0. The maximum atomic E-state index is 13.3. The smallest absolute Gasteiger partial charge is 0.240 e. The van der Waals surface area contributed by atoms with Crippen LogP contribution in [0.3, 0.4) is 0 Å². The number of hydrogen-bond donors (Lipinski definition) is 2. The van der Waals surface area contributed by atoms with Gasteiger partial charge < -0.3 is 11.1 Å². The maximum absolute atomic E-state index is 13.3. The van der Waals surface area contributed by atoms with Gasteiger partial charge in [-0.05, 0) is 19.4 Å². The number of nitrogens with one attached hydrogen (secondary N) is 1. The summed E-state index contributed by atoms with van der Waals surface area (Å²) in [5.41, 5.74) is 5.44. The van der Waals surface area contributed by atoms with Gasteiger partial charge in [0.1, 0.15) is 5.82 Å². The molecule has 3 N–H and O–H groups in total. The average molecular weight is 275 g/mol. The highest BCUT2D eigenvalue weighted by molar-refractivity contribution is 5.85. The molecule has 1 rings (SSSR count). The molecular weight excluding hydrogens is 255 g/mol. The molecule has 0 bridgehead atoms. The molecule has 0 heterocycles. The molecule has 18 heavy (non-hydrogen) atoms. The molecule has 0 aliphatic carbocycles. The fourth-order valence-electron chi connectivity index (χ4n) is 1.65. The van der Waals surface area contributed by atoms with Crippen LogP contribution in [-0.4, -0.2) is 11.4 Å². The van der Waals surface area contributed by atoms with Crippen LogP contribution in [0.15, 0.2) is 24.3 Å². The Bertz CT molecular complexity index is 396. The Kier molecular flexibility index (Phi) is 6.88. The van der Waals surface area contributed by atoms with Crippen molar-refractivity contribution >= 4 is 18.3 Å². The molecule has 1 unspecified atom stereocenters. The van der Waals surface area contributed by atoms with Gasteiger partial charge in [-0.1, -0.05) is 31.5 Å². The predicted molar refractivity (Wildman–Crippen MR) is 73.0 cm³/mol. The van der Waals surface area contributed by atoms with E-state index in [0.717, 1.165) is 6.42 Å². The largest absolute Gasteiger partial charge is 0.350 e. The van der Waals surface area contributed by atoms with Crippen LogP contribution in [0, 0.1) is 5.82 Å². The number of hydrogen-bond acceptors (Lipinski definition) is 2. The summed E-state index contributed by atoms with van der Waals surface area (Å²) in [6.07, 6.45) is 1.44. The summed E-state index contributed by atoms with van der Waals surface area (Å²) < 4.78 is 13.3. The Labute approximate surface area is 113 Å². The highest BCUT2D eigenvalue weighted by Crippen LogP contribution is 2.10. The van der Waals surface area contributed by atoms with E-state index in [1.54, 1.807) is 25.1 Å². The van der Waals surface area contributed by atoms with E-state index in [9.17, 15) is 9.18 Å². The Balaban J connectivity index is 0.00000289. The van der Waals surface area contributed by atoms with E-state index in [1.165, 1.54) is 6.07 Å². The third-order valence-electron chi connectivity index (χ3n) is 2.69. The third-order valence-corrected chi connectivity index (χ3v) is 2.69. The van der Waals surface area contributed by atoms with Crippen LogP contribution in [0.1, 0.15) is 32.3 Å². The number of carbonyl (C=O) groups is 1. The molecular formula is C13H20ClFN2O. The van der Waals surface area contributed by atoms with Crippen molar-refractivity contribution in [3.05, 3.63) is 35.6 Å². The predicted octanol–water partition coefficient (Wildman–Crippen LogP) is 2.38.